The van der Waals surface area contributed by atoms with Gasteiger partial charge in [-0.3, -0.25) is 9.59 Å². The topological polar surface area (TPSA) is 76.7 Å². The first kappa shape index (κ1) is 27.8. The Labute approximate surface area is 202 Å². The maximum atomic E-state index is 12.2. The maximum Gasteiger partial charge on any atom is 0.306 e. The van der Waals surface area contributed by atoms with Gasteiger partial charge in [0.05, 0.1) is 0 Å². The van der Waals surface area contributed by atoms with E-state index in [0.717, 1.165) is 76.2 Å². The van der Waals surface area contributed by atoms with Crippen LogP contribution in [0.3, 0.4) is 0 Å². The molecule has 0 aromatic carbocycles. The van der Waals surface area contributed by atoms with E-state index in [0.29, 0.717) is 24.7 Å². The number of rotatable bonds is 13. The maximum absolute atomic E-state index is 12.2. The summed E-state index contributed by atoms with van der Waals surface area (Å²) in [6.45, 7) is 12.2. The number of hydrogen-bond donors (Lipinski definition) is 2. The second kappa shape index (κ2) is 14.1. The van der Waals surface area contributed by atoms with E-state index >= 15 is 0 Å². The van der Waals surface area contributed by atoms with Crippen molar-refractivity contribution < 1.29 is 19.1 Å². The van der Waals surface area contributed by atoms with E-state index in [4.69, 9.17) is 9.47 Å². The molecule has 2 fully saturated rings. The zero-order valence-corrected chi connectivity index (χ0v) is 22.1. The highest BCUT2D eigenvalue weighted by atomic mass is 33.1. The van der Waals surface area contributed by atoms with E-state index in [1.165, 1.54) is 0 Å². The molecule has 2 rings (SSSR count). The zero-order valence-electron chi connectivity index (χ0n) is 20.5. The van der Waals surface area contributed by atoms with Crippen molar-refractivity contribution in [2.75, 3.05) is 37.7 Å². The molecule has 2 aliphatic heterocycles. The lowest BCUT2D eigenvalue weighted by Crippen LogP contribution is -2.42. The Morgan fingerprint density at radius 1 is 0.719 bits per heavy atom. The Morgan fingerprint density at radius 2 is 1.06 bits per heavy atom. The summed E-state index contributed by atoms with van der Waals surface area (Å²) in [6.07, 6.45) is 6.86. The van der Waals surface area contributed by atoms with Gasteiger partial charge in [0.1, 0.15) is 11.2 Å². The first-order chi connectivity index (χ1) is 15.2. The average molecular weight is 489 g/mol. The van der Waals surface area contributed by atoms with E-state index in [-0.39, 0.29) is 23.1 Å². The van der Waals surface area contributed by atoms with Crippen molar-refractivity contribution in [3.63, 3.8) is 0 Å². The Kier molecular flexibility index (Phi) is 12.2. The van der Waals surface area contributed by atoms with Gasteiger partial charge in [-0.2, -0.15) is 0 Å². The van der Waals surface area contributed by atoms with Gasteiger partial charge in [0.2, 0.25) is 0 Å². The minimum Gasteiger partial charge on any atom is -0.459 e. The van der Waals surface area contributed by atoms with Crippen LogP contribution in [0.5, 0.6) is 0 Å². The second-order valence-electron chi connectivity index (χ2n) is 10.1. The first-order valence-corrected chi connectivity index (χ1v) is 14.8. The number of carbonyl (C=O) groups is 2. The normalized spacial score (nSPS) is 19.0. The molecule has 186 valence electrons. The number of piperidine rings is 2. The van der Waals surface area contributed by atoms with Crippen LogP contribution in [0.2, 0.25) is 0 Å². The van der Waals surface area contributed by atoms with Gasteiger partial charge < -0.3 is 20.1 Å². The quantitative estimate of drug-likeness (QED) is 0.222. The number of ether oxygens (including phenoxy) is 2. The molecule has 2 N–H and O–H groups in total. The molecule has 0 aromatic heterocycles. The molecule has 0 saturated carbocycles. The molecule has 8 heteroatoms. The number of esters is 2. The predicted octanol–water partition coefficient (Wildman–Crippen LogP) is 4.57. The van der Waals surface area contributed by atoms with E-state index in [9.17, 15) is 9.59 Å². The second-order valence-corrected chi connectivity index (χ2v) is 12.8. The van der Waals surface area contributed by atoms with E-state index in [1.807, 2.05) is 27.7 Å². The van der Waals surface area contributed by atoms with Crippen LogP contribution in [-0.4, -0.2) is 60.8 Å². The molecule has 0 spiro atoms. The molecule has 6 nitrogen and oxygen atoms in total. The minimum absolute atomic E-state index is 0.0850. The number of carbonyl (C=O) groups excluding carboxylic acids is 2. The molecule has 0 unspecified atom stereocenters. The van der Waals surface area contributed by atoms with Crippen molar-refractivity contribution in [3.05, 3.63) is 0 Å². The van der Waals surface area contributed by atoms with E-state index in [2.05, 4.69) is 10.6 Å². The van der Waals surface area contributed by atoms with Crippen LogP contribution >= 0.6 is 21.6 Å². The van der Waals surface area contributed by atoms with Crippen molar-refractivity contribution >= 4 is 33.5 Å². The summed E-state index contributed by atoms with van der Waals surface area (Å²) in [4.78, 5) is 24.5. The van der Waals surface area contributed by atoms with Crippen LogP contribution in [-0.2, 0) is 19.1 Å². The fourth-order valence-corrected chi connectivity index (χ4v) is 6.73. The lowest BCUT2D eigenvalue weighted by atomic mass is 9.83. The van der Waals surface area contributed by atoms with Crippen molar-refractivity contribution in [2.24, 2.45) is 11.8 Å². The Balaban J connectivity index is 1.47. The van der Waals surface area contributed by atoms with Gasteiger partial charge in [-0.05, 0) is 92.4 Å². The van der Waals surface area contributed by atoms with Crippen molar-refractivity contribution in [2.45, 2.75) is 90.3 Å². The molecule has 2 heterocycles. The summed E-state index contributed by atoms with van der Waals surface area (Å²) < 4.78 is 11.6. The summed E-state index contributed by atoms with van der Waals surface area (Å²) in [5.41, 5.74) is -0.754. The van der Waals surface area contributed by atoms with Gasteiger partial charge in [0.15, 0.2) is 0 Å². The molecular weight excluding hydrogens is 444 g/mol. The molecule has 0 atom stereocenters. The highest BCUT2D eigenvalue weighted by Crippen LogP contribution is 2.31. The van der Waals surface area contributed by atoms with E-state index in [1.54, 1.807) is 21.6 Å². The molecular formula is C24H44N2O4S2. The summed E-state index contributed by atoms with van der Waals surface area (Å²) in [6, 6.07) is 0. The van der Waals surface area contributed by atoms with Crippen LogP contribution in [0.15, 0.2) is 0 Å². The molecule has 0 amide bonds. The van der Waals surface area contributed by atoms with Gasteiger partial charge in [0, 0.05) is 36.2 Å². The zero-order chi connectivity index (χ0) is 23.5. The summed E-state index contributed by atoms with van der Waals surface area (Å²) in [5, 5.41) is 6.72. The van der Waals surface area contributed by atoms with Crippen LogP contribution < -0.4 is 10.6 Å². The monoisotopic (exact) mass is 488 g/mol. The molecule has 0 aliphatic carbocycles. The molecule has 2 aliphatic rings. The van der Waals surface area contributed by atoms with Gasteiger partial charge >= 0.3 is 11.9 Å². The fourth-order valence-electron chi connectivity index (χ4n) is 4.56. The first-order valence-electron chi connectivity index (χ1n) is 12.3. The van der Waals surface area contributed by atoms with Gasteiger partial charge in [-0.1, -0.05) is 21.6 Å². The van der Waals surface area contributed by atoms with Crippen molar-refractivity contribution in [1.82, 2.24) is 10.6 Å². The molecule has 2 saturated heterocycles. The summed E-state index contributed by atoms with van der Waals surface area (Å²) >= 11 is 0. The van der Waals surface area contributed by atoms with Crippen LogP contribution in [0, 0.1) is 11.8 Å². The third kappa shape index (κ3) is 10.2. The van der Waals surface area contributed by atoms with Crippen LogP contribution in [0.25, 0.3) is 0 Å². The van der Waals surface area contributed by atoms with Crippen LogP contribution in [0.1, 0.15) is 79.1 Å². The Hall–Kier alpha value is -0.440. The number of hydrogen-bond acceptors (Lipinski definition) is 8. The minimum atomic E-state index is -0.377. The Morgan fingerprint density at radius 3 is 1.41 bits per heavy atom. The molecule has 32 heavy (non-hydrogen) atoms. The van der Waals surface area contributed by atoms with Gasteiger partial charge in [-0.25, -0.2) is 0 Å². The number of nitrogens with one attached hydrogen (secondary N) is 2. The van der Waals surface area contributed by atoms with E-state index < -0.39 is 0 Å². The summed E-state index contributed by atoms with van der Waals surface area (Å²) in [5.74, 6) is 2.54. The average Bonchev–Trinajstić information content (AvgIpc) is 2.76. The summed E-state index contributed by atoms with van der Waals surface area (Å²) in [7, 11) is 3.54. The third-order valence-corrected chi connectivity index (χ3v) is 9.28. The predicted molar refractivity (Wildman–Crippen MR) is 135 cm³/mol. The third-order valence-electron chi connectivity index (χ3n) is 6.70. The van der Waals surface area contributed by atoms with Crippen LogP contribution in [0.4, 0.5) is 0 Å². The lowest BCUT2D eigenvalue weighted by molar-refractivity contribution is -0.163. The lowest BCUT2D eigenvalue weighted by Gasteiger charge is -2.36. The SMILES string of the molecule is CC(C)(OC(=O)CCCSSCCCC(=O)OC(C)(C)C1CCNCC1)C1CCNCC1. The smallest absolute Gasteiger partial charge is 0.306 e. The molecule has 0 bridgehead atoms. The molecule has 0 aromatic rings. The fraction of sp³-hybridized carbons (Fsp3) is 0.917. The highest BCUT2D eigenvalue weighted by Gasteiger charge is 2.34. The van der Waals surface area contributed by atoms with Crippen molar-refractivity contribution in [3.8, 4) is 0 Å². The largest absolute Gasteiger partial charge is 0.459 e. The standard InChI is InChI=1S/C24H44N2O4S2/c1-23(2,19-9-13-25-14-10-19)29-21(27)7-5-17-31-32-18-6-8-22(28)30-24(3,4)20-11-15-26-16-12-20/h19-20,25-26H,5-18H2,1-4H3. The van der Waals surface area contributed by atoms with Gasteiger partial charge in [-0.15, -0.1) is 0 Å². The highest BCUT2D eigenvalue weighted by molar-refractivity contribution is 8.76. The van der Waals surface area contributed by atoms with Crippen molar-refractivity contribution in [1.29, 1.82) is 0 Å². The molecule has 0 radical (unpaired) electrons. The van der Waals surface area contributed by atoms with Gasteiger partial charge in [0.25, 0.3) is 0 Å². The Bertz CT molecular complexity index is 524.